The van der Waals surface area contributed by atoms with Crippen LogP contribution in [0.2, 0.25) is 0 Å². The van der Waals surface area contributed by atoms with E-state index < -0.39 is 5.60 Å². The Bertz CT molecular complexity index is 380. The van der Waals surface area contributed by atoms with Crippen LogP contribution in [0.4, 0.5) is 5.82 Å². The number of carbonyl (C=O) groups is 1. The molecule has 5 nitrogen and oxygen atoms in total. The predicted molar refractivity (Wildman–Crippen MR) is 67.2 cm³/mol. The Kier molecular flexibility index (Phi) is 4.07. The molecule has 0 aliphatic heterocycles. The maximum absolute atomic E-state index is 11.7. The van der Waals surface area contributed by atoms with E-state index in [1.165, 1.54) is 6.20 Å². The maximum Gasteiger partial charge on any atom is 0.252 e. The highest BCUT2D eigenvalue weighted by atomic mass is 16.3. The third-order valence-corrected chi connectivity index (χ3v) is 2.15. The number of anilines is 1. The first kappa shape index (κ1) is 13.4. The molecule has 1 heterocycles. The Balaban J connectivity index is 2.64. The van der Waals surface area contributed by atoms with Gasteiger partial charge in [-0.1, -0.05) is 0 Å². The summed E-state index contributed by atoms with van der Waals surface area (Å²) in [5.74, 6) is 0.564. The second kappa shape index (κ2) is 5.14. The fourth-order valence-corrected chi connectivity index (χ4v) is 1.18. The summed E-state index contributed by atoms with van der Waals surface area (Å²) in [6, 6.07) is 3.49. The van der Waals surface area contributed by atoms with Crippen LogP contribution in [0.5, 0.6) is 0 Å². The minimum absolute atomic E-state index is 0.210. The van der Waals surface area contributed by atoms with Gasteiger partial charge in [-0.2, -0.15) is 0 Å². The fourth-order valence-electron chi connectivity index (χ4n) is 1.18. The summed E-state index contributed by atoms with van der Waals surface area (Å²) < 4.78 is 0. The van der Waals surface area contributed by atoms with Gasteiger partial charge in [0.15, 0.2) is 0 Å². The third-order valence-electron chi connectivity index (χ3n) is 2.15. The number of aromatic nitrogens is 1. The first-order valence-electron chi connectivity index (χ1n) is 5.43. The zero-order chi connectivity index (χ0) is 13.1. The molecule has 1 amide bonds. The molecule has 0 spiro atoms. The molecule has 0 bridgehead atoms. The summed E-state index contributed by atoms with van der Waals surface area (Å²) >= 11 is 0. The molecule has 0 aromatic carbocycles. The lowest BCUT2D eigenvalue weighted by Gasteiger charge is -2.17. The summed E-state index contributed by atoms with van der Waals surface area (Å²) in [4.78, 5) is 17.7. The molecular formula is C12H19N3O2. The molecule has 1 aromatic rings. The Labute approximate surface area is 101 Å². The van der Waals surface area contributed by atoms with Crippen molar-refractivity contribution in [2.24, 2.45) is 0 Å². The minimum atomic E-state index is -0.910. The molecule has 2 N–H and O–H groups in total. The monoisotopic (exact) mass is 237 g/mol. The smallest absolute Gasteiger partial charge is 0.252 e. The Morgan fingerprint density at radius 1 is 1.47 bits per heavy atom. The number of carbonyl (C=O) groups excluding carboxylic acids is 1. The van der Waals surface area contributed by atoms with Crippen molar-refractivity contribution in [1.82, 2.24) is 10.3 Å². The van der Waals surface area contributed by atoms with Gasteiger partial charge in [-0.15, -0.1) is 0 Å². The molecule has 5 heteroatoms. The molecular weight excluding hydrogens is 218 g/mol. The van der Waals surface area contributed by atoms with Crippen molar-refractivity contribution in [1.29, 1.82) is 0 Å². The summed E-state index contributed by atoms with van der Waals surface area (Å²) in [7, 11) is 3.77. The van der Waals surface area contributed by atoms with E-state index in [4.69, 9.17) is 0 Å². The van der Waals surface area contributed by atoms with E-state index in [1.54, 1.807) is 26.0 Å². The lowest BCUT2D eigenvalue weighted by Crippen LogP contribution is -2.38. The van der Waals surface area contributed by atoms with Gasteiger partial charge in [0.1, 0.15) is 5.82 Å². The van der Waals surface area contributed by atoms with Crippen LogP contribution < -0.4 is 10.2 Å². The van der Waals surface area contributed by atoms with Crippen molar-refractivity contribution in [3.8, 4) is 0 Å². The van der Waals surface area contributed by atoms with Crippen LogP contribution in [0.25, 0.3) is 0 Å². The van der Waals surface area contributed by atoms with Gasteiger partial charge in [0.25, 0.3) is 5.91 Å². The average Bonchev–Trinajstić information content (AvgIpc) is 2.25. The molecule has 0 fully saturated rings. The normalized spacial score (nSPS) is 11.1. The van der Waals surface area contributed by atoms with Crippen molar-refractivity contribution in [2.75, 3.05) is 25.5 Å². The topological polar surface area (TPSA) is 65.5 Å². The summed E-state index contributed by atoms with van der Waals surface area (Å²) in [6.07, 6.45) is 1.52. The van der Waals surface area contributed by atoms with Crippen LogP contribution in [0, 0.1) is 0 Å². The van der Waals surface area contributed by atoms with Crippen molar-refractivity contribution in [3.63, 3.8) is 0 Å². The van der Waals surface area contributed by atoms with E-state index in [-0.39, 0.29) is 12.5 Å². The van der Waals surface area contributed by atoms with Gasteiger partial charge >= 0.3 is 0 Å². The van der Waals surface area contributed by atoms with Gasteiger partial charge in [-0.05, 0) is 26.0 Å². The van der Waals surface area contributed by atoms with Crippen molar-refractivity contribution in [2.45, 2.75) is 19.4 Å². The lowest BCUT2D eigenvalue weighted by molar-refractivity contribution is 0.0694. The zero-order valence-electron chi connectivity index (χ0n) is 10.7. The van der Waals surface area contributed by atoms with Gasteiger partial charge in [-0.25, -0.2) is 4.98 Å². The summed E-state index contributed by atoms with van der Waals surface area (Å²) in [5.41, 5.74) is -0.424. The van der Waals surface area contributed by atoms with Crippen LogP contribution in [0.15, 0.2) is 18.3 Å². The predicted octanol–water partition coefficient (Wildman–Crippen LogP) is 0.648. The second-order valence-corrected chi connectivity index (χ2v) is 4.79. The van der Waals surface area contributed by atoms with Crippen LogP contribution in [-0.2, 0) is 0 Å². The van der Waals surface area contributed by atoms with Gasteiger partial charge in [0.05, 0.1) is 11.2 Å². The van der Waals surface area contributed by atoms with Crippen molar-refractivity contribution >= 4 is 11.7 Å². The first-order valence-corrected chi connectivity index (χ1v) is 5.43. The van der Waals surface area contributed by atoms with Crippen LogP contribution in [0.3, 0.4) is 0 Å². The molecule has 0 radical (unpaired) electrons. The molecule has 0 saturated heterocycles. The van der Waals surface area contributed by atoms with Crippen LogP contribution in [-0.4, -0.2) is 42.2 Å². The number of aliphatic hydroxyl groups is 1. The van der Waals surface area contributed by atoms with E-state index in [0.717, 1.165) is 5.82 Å². The maximum atomic E-state index is 11.7. The number of nitrogens with zero attached hydrogens (tertiary/aromatic N) is 2. The molecule has 0 atom stereocenters. The quantitative estimate of drug-likeness (QED) is 0.807. The summed E-state index contributed by atoms with van der Waals surface area (Å²) in [5, 5.41) is 12.1. The first-order chi connectivity index (χ1) is 7.79. The van der Waals surface area contributed by atoms with E-state index in [0.29, 0.717) is 5.56 Å². The van der Waals surface area contributed by atoms with Crippen LogP contribution in [0.1, 0.15) is 24.2 Å². The van der Waals surface area contributed by atoms with E-state index in [1.807, 2.05) is 19.0 Å². The van der Waals surface area contributed by atoms with Gasteiger partial charge in [0.2, 0.25) is 0 Å². The number of rotatable bonds is 4. The second-order valence-electron chi connectivity index (χ2n) is 4.79. The highest BCUT2D eigenvalue weighted by Gasteiger charge is 2.14. The highest BCUT2D eigenvalue weighted by molar-refractivity contribution is 5.94. The summed E-state index contributed by atoms with van der Waals surface area (Å²) in [6.45, 7) is 3.49. The zero-order valence-corrected chi connectivity index (χ0v) is 10.7. The molecule has 0 aliphatic carbocycles. The van der Waals surface area contributed by atoms with Gasteiger partial charge < -0.3 is 15.3 Å². The van der Waals surface area contributed by atoms with Gasteiger partial charge in [0, 0.05) is 26.8 Å². The van der Waals surface area contributed by atoms with Crippen molar-refractivity contribution in [3.05, 3.63) is 23.9 Å². The van der Waals surface area contributed by atoms with Gasteiger partial charge in [-0.3, -0.25) is 4.79 Å². The molecule has 0 unspecified atom stereocenters. The molecule has 1 rings (SSSR count). The van der Waals surface area contributed by atoms with E-state index in [2.05, 4.69) is 10.3 Å². The minimum Gasteiger partial charge on any atom is -0.389 e. The Hall–Kier alpha value is -1.62. The molecule has 0 saturated carbocycles. The highest BCUT2D eigenvalue weighted by Crippen LogP contribution is 2.08. The Morgan fingerprint density at radius 3 is 2.53 bits per heavy atom. The molecule has 0 aliphatic rings. The fraction of sp³-hybridized carbons (Fsp3) is 0.500. The molecule has 17 heavy (non-hydrogen) atoms. The number of nitrogens with one attached hydrogen (secondary N) is 1. The van der Waals surface area contributed by atoms with Crippen LogP contribution >= 0.6 is 0 Å². The Morgan fingerprint density at radius 2 is 2.12 bits per heavy atom. The van der Waals surface area contributed by atoms with Crippen molar-refractivity contribution < 1.29 is 9.90 Å². The number of pyridine rings is 1. The third kappa shape index (κ3) is 4.40. The average molecular weight is 237 g/mol. The number of hydrogen-bond donors (Lipinski definition) is 2. The molecule has 1 aromatic heterocycles. The largest absolute Gasteiger partial charge is 0.389 e. The lowest BCUT2D eigenvalue weighted by atomic mass is 10.1. The SMILES string of the molecule is CN(C)c1ccc(C(=O)NCC(C)(C)O)cn1. The standard InChI is InChI=1S/C12H19N3O2/c1-12(2,17)8-14-11(16)9-5-6-10(13-7-9)15(3)4/h5-7,17H,8H2,1-4H3,(H,14,16). The number of hydrogen-bond acceptors (Lipinski definition) is 4. The molecule has 94 valence electrons. The van der Waals surface area contributed by atoms with E-state index >= 15 is 0 Å². The number of amides is 1. The van der Waals surface area contributed by atoms with E-state index in [9.17, 15) is 9.90 Å².